The van der Waals surface area contributed by atoms with Crippen molar-refractivity contribution < 1.29 is 8.42 Å². The van der Waals surface area contributed by atoms with Gasteiger partial charge in [0.15, 0.2) is 5.82 Å². The van der Waals surface area contributed by atoms with Crippen molar-refractivity contribution in [2.75, 3.05) is 13.1 Å². The molecule has 1 saturated heterocycles. The summed E-state index contributed by atoms with van der Waals surface area (Å²) in [5.41, 5.74) is 0.963. The zero-order valence-corrected chi connectivity index (χ0v) is 14.5. The Morgan fingerprint density at radius 3 is 2.64 bits per heavy atom. The van der Waals surface area contributed by atoms with Gasteiger partial charge in [-0.05, 0) is 6.92 Å². The standard InChI is InChI=1S/C16H18N6O2S/c1-2-20-11-15(8-18-20)25(23,24)21-9-14(10-21)22-12-17-19-16(22)13-6-4-3-5-7-13/h3-8,11-12,14H,2,9-10H2,1H3. The quantitative estimate of drug-likeness (QED) is 0.688. The third kappa shape index (κ3) is 2.75. The minimum Gasteiger partial charge on any atom is -0.308 e. The van der Waals surface area contributed by atoms with Gasteiger partial charge in [0.1, 0.15) is 11.2 Å². The first-order chi connectivity index (χ1) is 12.1. The van der Waals surface area contributed by atoms with Crippen LogP contribution < -0.4 is 0 Å². The molecule has 8 nitrogen and oxygen atoms in total. The molecule has 3 aromatic rings. The largest absolute Gasteiger partial charge is 0.308 e. The van der Waals surface area contributed by atoms with Crippen LogP contribution in [0.15, 0.2) is 53.9 Å². The normalized spacial score (nSPS) is 16.0. The van der Waals surface area contributed by atoms with E-state index in [1.165, 1.54) is 10.5 Å². The lowest BCUT2D eigenvalue weighted by atomic mass is 10.1. The molecule has 130 valence electrons. The highest BCUT2D eigenvalue weighted by molar-refractivity contribution is 7.89. The lowest BCUT2D eigenvalue weighted by molar-refractivity contribution is 0.205. The Labute approximate surface area is 145 Å². The van der Waals surface area contributed by atoms with Gasteiger partial charge in [0, 0.05) is 31.4 Å². The van der Waals surface area contributed by atoms with Crippen molar-refractivity contribution >= 4 is 10.0 Å². The van der Waals surface area contributed by atoms with E-state index in [0.717, 1.165) is 11.4 Å². The highest BCUT2D eigenvalue weighted by atomic mass is 32.2. The van der Waals surface area contributed by atoms with Gasteiger partial charge < -0.3 is 4.57 Å². The van der Waals surface area contributed by atoms with Crippen LogP contribution in [-0.4, -0.2) is 50.4 Å². The van der Waals surface area contributed by atoms with E-state index in [0.29, 0.717) is 19.6 Å². The summed E-state index contributed by atoms with van der Waals surface area (Å²) in [4.78, 5) is 0.236. The molecule has 0 atom stereocenters. The molecule has 1 aliphatic heterocycles. The number of hydrogen-bond acceptors (Lipinski definition) is 5. The fourth-order valence-corrected chi connectivity index (χ4v) is 4.36. The summed E-state index contributed by atoms with van der Waals surface area (Å²) >= 11 is 0. The maximum Gasteiger partial charge on any atom is 0.246 e. The van der Waals surface area contributed by atoms with Crippen LogP contribution in [0, 0.1) is 0 Å². The molecule has 0 bridgehead atoms. The molecule has 1 fully saturated rings. The molecule has 0 spiro atoms. The van der Waals surface area contributed by atoms with E-state index in [-0.39, 0.29) is 10.9 Å². The number of benzene rings is 1. The molecule has 0 unspecified atom stereocenters. The van der Waals surface area contributed by atoms with Gasteiger partial charge in [-0.1, -0.05) is 30.3 Å². The summed E-state index contributed by atoms with van der Waals surface area (Å²) in [6.45, 7) is 3.36. The van der Waals surface area contributed by atoms with Crippen LogP contribution in [-0.2, 0) is 16.6 Å². The van der Waals surface area contributed by atoms with Gasteiger partial charge in [0.05, 0.1) is 12.2 Å². The third-order valence-electron chi connectivity index (χ3n) is 4.40. The average molecular weight is 358 g/mol. The lowest BCUT2D eigenvalue weighted by Crippen LogP contribution is -2.50. The van der Waals surface area contributed by atoms with Crippen LogP contribution in [0.5, 0.6) is 0 Å². The fourth-order valence-electron chi connectivity index (χ4n) is 2.89. The molecule has 25 heavy (non-hydrogen) atoms. The second-order valence-electron chi connectivity index (χ2n) is 5.94. The number of aryl methyl sites for hydroxylation is 1. The van der Waals surface area contributed by atoms with Crippen molar-refractivity contribution in [1.29, 1.82) is 0 Å². The molecule has 3 heterocycles. The van der Waals surface area contributed by atoms with Crippen molar-refractivity contribution in [1.82, 2.24) is 28.9 Å². The van der Waals surface area contributed by atoms with E-state index in [1.54, 1.807) is 17.2 Å². The Morgan fingerprint density at radius 1 is 1.20 bits per heavy atom. The smallest absolute Gasteiger partial charge is 0.246 e. The maximum atomic E-state index is 12.6. The van der Waals surface area contributed by atoms with Gasteiger partial charge in [0.2, 0.25) is 10.0 Å². The Balaban J connectivity index is 1.52. The molecule has 0 radical (unpaired) electrons. The highest BCUT2D eigenvalue weighted by Gasteiger charge is 2.39. The van der Waals surface area contributed by atoms with Gasteiger partial charge in [-0.25, -0.2) is 8.42 Å². The second-order valence-corrected chi connectivity index (χ2v) is 7.87. The van der Waals surface area contributed by atoms with Crippen LogP contribution in [0.3, 0.4) is 0 Å². The molecule has 1 aliphatic rings. The minimum absolute atomic E-state index is 0.0289. The van der Waals surface area contributed by atoms with Crippen LogP contribution in [0.2, 0.25) is 0 Å². The third-order valence-corrected chi connectivity index (χ3v) is 6.18. The highest BCUT2D eigenvalue weighted by Crippen LogP contribution is 2.30. The molecule has 2 aromatic heterocycles. The van der Waals surface area contributed by atoms with E-state index in [2.05, 4.69) is 15.3 Å². The summed E-state index contributed by atoms with van der Waals surface area (Å²) in [7, 11) is -3.50. The number of rotatable bonds is 5. The minimum atomic E-state index is -3.50. The molecule has 1 aromatic carbocycles. The van der Waals surface area contributed by atoms with Gasteiger partial charge in [-0.15, -0.1) is 10.2 Å². The number of nitrogens with zero attached hydrogens (tertiary/aromatic N) is 6. The molecular weight excluding hydrogens is 340 g/mol. The molecule has 0 amide bonds. The van der Waals surface area contributed by atoms with E-state index < -0.39 is 10.0 Å². The SMILES string of the molecule is CCn1cc(S(=O)(=O)N2CC(n3cnnc3-c3ccccc3)C2)cn1. The van der Waals surface area contributed by atoms with Crippen molar-refractivity contribution in [3.63, 3.8) is 0 Å². The Kier molecular flexibility index (Phi) is 3.89. The van der Waals surface area contributed by atoms with Crippen LogP contribution in [0.1, 0.15) is 13.0 Å². The predicted molar refractivity (Wildman–Crippen MR) is 91.2 cm³/mol. The van der Waals surface area contributed by atoms with Crippen LogP contribution >= 0.6 is 0 Å². The van der Waals surface area contributed by atoms with Crippen LogP contribution in [0.25, 0.3) is 11.4 Å². The van der Waals surface area contributed by atoms with Crippen molar-refractivity contribution in [3.05, 3.63) is 49.1 Å². The van der Waals surface area contributed by atoms with Gasteiger partial charge in [-0.2, -0.15) is 9.40 Å². The van der Waals surface area contributed by atoms with Crippen molar-refractivity contribution in [3.8, 4) is 11.4 Å². The molecular formula is C16H18N6O2S. The Morgan fingerprint density at radius 2 is 1.96 bits per heavy atom. The molecule has 0 aliphatic carbocycles. The average Bonchev–Trinajstić information content (AvgIpc) is 3.24. The Bertz CT molecular complexity index is 973. The lowest BCUT2D eigenvalue weighted by Gasteiger charge is -2.38. The van der Waals surface area contributed by atoms with E-state index in [1.807, 2.05) is 41.8 Å². The van der Waals surface area contributed by atoms with E-state index in [4.69, 9.17) is 0 Å². The first kappa shape index (κ1) is 16.0. The molecule has 0 N–H and O–H groups in total. The maximum absolute atomic E-state index is 12.6. The first-order valence-electron chi connectivity index (χ1n) is 8.07. The van der Waals surface area contributed by atoms with Crippen LogP contribution in [0.4, 0.5) is 0 Å². The topological polar surface area (TPSA) is 85.9 Å². The summed E-state index contributed by atoms with van der Waals surface area (Å²) in [6, 6.07) is 9.79. The van der Waals surface area contributed by atoms with E-state index in [9.17, 15) is 8.42 Å². The number of sulfonamides is 1. The van der Waals surface area contributed by atoms with Gasteiger partial charge >= 0.3 is 0 Å². The van der Waals surface area contributed by atoms with E-state index >= 15 is 0 Å². The first-order valence-corrected chi connectivity index (χ1v) is 9.51. The van der Waals surface area contributed by atoms with Gasteiger partial charge in [-0.3, -0.25) is 4.68 Å². The monoisotopic (exact) mass is 358 g/mol. The Hall–Kier alpha value is -2.52. The second kappa shape index (κ2) is 6.08. The zero-order valence-electron chi connectivity index (χ0n) is 13.7. The van der Waals surface area contributed by atoms with Crippen molar-refractivity contribution in [2.45, 2.75) is 24.4 Å². The molecule has 4 rings (SSSR count). The zero-order chi connectivity index (χ0) is 17.4. The predicted octanol–water partition coefficient (Wildman–Crippen LogP) is 1.41. The summed E-state index contributed by atoms with van der Waals surface area (Å²) in [5.74, 6) is 0.751. The van der Waals surface area contributed by atoms with Crippen molar-refractivity contribution in [2.24, 2.45) is 0 Å². The number of aromatic nitrogens is 5. The summed E-state index contributed by atoms with van der Waals surface area (Å²) < 4.78 is 30.3. The summed E-state index contributed by atoms with van der Waals surface area (Å²) in [5, 5.41) is 12.2. The molecule has 9 heteroatoms. The van der Waals surface area contributed by atoms with Gasteiger partial charge in [0.25, 0.3) is 0 Å². The summed E-state index contributed by atoms with van der Waals surface area (Å²) in [6.07, 6.45) is 4.63. The fraction of sp³-hybridized carbons (Fsp3) is 0.312. The number of hydrogen-bond donors (Lipinski definition) is 0. The molecule has 0 saturated carbocycles.